The summed E-state index contributed by atoms with van der Waals surface area (Å²) in [6.07, 6.45) is 1.29. The molecule has 0 radical (unpaired) electrons. The summed E-state index contributed by atoms with van der Waals surface area (Å²) < 4.78 is 28.8. The number of carbonyl (C=O) groups is 3. The highest BCUT2D eigenvalue weighted by Gasteiger charge is 2.50. The number of hydrogen-bond donors (Lipinski definition) is 1. The number of benzene rings is 2. The summed E-state index contributed by atoms with van der Waals surface area (Å²) >= 11 is 2.27. The Bertz CT molecular complexity index is 1140. The number of urea groups is 1. The van der Waals surface area contributed by atoms with Gasteiger partial charge in [-0.15, -0.1) is 0 Å². The standard InChI is InChI=1S/C26H30F2IN5O3/c1-31-17-24(35)33-22(9-5-6-12-29)25(36)32(15-19-10-11-20(27)13-21(19)28)16-23(33)34(31)26(37)30-14-18-7-3-2-4-8-18/h2-4,7-8,10-11,13,22-23H,5-6,9,12,14-17H2,1H3,(H,30,37)/t22-,23-/m0/s1. The second-order valence-electron chi connectivity index (χ2n) is 9.24. The Labute approximate surface area is 228 Å². The first-order valence-electron chi connectivity index (χ1n) is 12.2. The number of halogens is 3. The molecule has 0 bridgehead atoms. The molecule has 2 heterocycles. The molecule has 2 aromatic carbocycles. The second-order valence-corrected chi connectivity index (χ2v) is 10.3. The van der Waals surface area contributed by atoms with Gasteiger partial charge in [-0.2, -0.15) is 0 Å². The van der Waals surface area contributed by atoms with Gasteiger partial charge in [0.05, 0.1) is 13.1 Å². The SMILES string of the molecule is CN1CC(=O)N2[C@@H](CCCCI)C(=O)N(Cc3ccc(F)cc3F)C[C@@H]2N1C(=O)NCc1ccccc1. The van der Waals surface area contributed by atoms with Crippen molar-refractivity contribution in [2.24, 2.45) is 0 Å². The molecule has 4 rings (SSSR count). The van der Waals surface area contributed by atoms with Gasteiger partial charge in [0.25, 0.3) is 0 Å². The molecule has 2 fully saturated rings. The third kappa shape index (κ3) is 6.20. The average Bonchev–Trinajstić information content (AvgIpc) is 2.87. The van der Waals surface area contributed by atoms with Gasteiger partial charge in [-0.3, -0.25) is 9.59 Å². The lowest BCUT2D eigenvalue weighted by Gasteiger charge is -2.54. The van der Waals surface area contributed by atoms with E-state index in [1.54, 1.807) is 12.1 Å². The number of alkyl halides is 1. The maximum atomic E-state index is 14.5. The van der Waals surface area contributed by atoms with Crippen LogP contribution in [0.3, 0.4) is 0 Å². The second kappa shape index (κ2) is 12.2. The molecule has 11 heteroatoms. The van der Waals surface area contributed by atoms with E-state index in [2.05, 4.69) is 27.9 Å². The Hall–Kier alpha value is -2.80. The number of piperazine rings is 1. The Balaban J connectivity index is 1.61. The average molecular weight is 625 g/mol. The largest absolute Gasteiger partial charge is 0.334 e. The number of nitrogens with zero attached hydrogens (tertiary/aromatic N) is 4. The quantitative estimate of drug-likeness (QED) is 0.277. The maximum Gasteiger partial charge on any atom is 0.334 e. The molecule has 37 heavy (non-hydrogen) atoms. The van der Waals surface area contributed by atoms with Gasteiger partial charge in [0, 0.05) is 31.8 Å². The van der Waals surface area contributed by atoms with Crippen LogP contribution < -0.4 is 5.32 Å². The minimum atomic E-state index is -0.768. The lowest BCUT2D eigenvalue weighted by atomic mass is 10.0. The van der Waals surface area contributed by atoms with Crippen molar-refractivity contribution in [3.8, 4) is 0 Å². The summed E-state index contributed by atoms with van der Waals surface area (Å²) in [4.78, 5) is 43.1. The van der Waals surface area contributed by atoms with Crippen molar-refractivity contribution in [1.29, 1.82) is 0 Å². The van der Waals surface area contributed by atoms with Crippen LogP contribution in [0.1, 0.15) is 30.4 Å². The number of nitrogens with one attached hydrogen (secondary N) is 1. The summed E-state index contributed by atoms with van der Waals surface area (Å²) in [5.41, 5.74) is 1.09. The molecular weight excluding hydrogens is 595 g/mol. The van der Waals surface area contributed by atoms with Gasteiger partial charge in [0.1, 0.15) is 23.8 Å². The van der Waals surface area contributed by atoms with Crippen molar-refractivity contribution in [2.45, 2.75) is 44.6 Å². The molecule has 1 N–H and O–H groups in total. The van der Waals surface area contributed by atoms with Gasteiger partial charge in [-0.1, -0.05) is 65.4 Å². The fraction of sp³-hybridized carbons (Fsp3) is 0.423. The van der Waals surface area contributed by atoms with E-state index in [-0.39, 0.29) is 37.0 Å². The molecule has 2 saturated heterocycles. The number of unbranched alkanes of at least 4 members (excludes halogenated alkanes) is 1. The molecule has 0 saturated carbocycles. The Morgan fingerprint density at radius 3 is 2.57 bits per heavy atom. The topological polar surface area (TPSA) is 76.2 Å². The molecule has 0 unspecified atom stereocenters. The number of hydrogen-bond acceptors (Lipinski definition) is 4. The molecule has 0 aromatic heterocycles. The minimum Gasteiger partial charge on any atom is -0.333 e. The molecule has 198 valence electrons. The number of fused-ring (bicyclic) bond motifs is 1. The fourth-order valence-electron chi connectivity index (χ4n) is 4.87. The van der Waals surface area contributed by atoms with E-state index in [4.69, 9.17) is 0 Å². The van der Waals surface area contributed by atoms with Gasteiger partial charge in [-0.25, -0.2) is 23.6 Å². The van der Waals surface area contributed by atoms with Crippen LogP contribution in [0.2, 0.25) is 0 Å². The van der Waals surface area contributed by atoms with Gasteiger partial charge < -0.3 is 15.1 Å². The van der Waals surface area contributed by atoms with E-state index in [9.17, 15) is 23.2 Å². The molecule has 2 atom stereocenters. The van der Waals surface area contributed by atoms with Crippen LogP contribution in [0.4, 0.5) is 13.6 Å². The number of amides is 4. The highest BCUT2D eigenvalue weighted by Crippen LogP contribution is 2.29. The van der Waals surface area contributed by atoms with Crippen molar-refractivity contribution < 1.29 is 23.2 Å². The van der Waals surface area contributed by atoms with Crippen LogP contribution in [0.25, 0.3) is 0 Å². The number of likely N-dealkylation sites (N-methyl/N-ethyl adjacent to an activating group) is 1. The van der Waals surface area contributed by atoms with Crippen LogP contribution in [0.5, 0.6) is 0 Å². The summed E-state index contributed by atoms with van der Waals surface area (Å²) in [6.45, 7) is 0.174. The van der Waals surface area contributed by atoms with Crippen LogP contribution >= 0.6 is 22.6 Å². The summed E-state index contributed by atoms with van der Waals surface area (Å²) in [7, 11) is 1.66. The monoisotopic (exact) mass is 625 g/mol. The molecule has 4 amide bonds. The van der Waals surface area contributed by atoms with Crippen LogP contribution in [0.15, 0.2) is 48.5 Å². The molecular formula is C26H30F2IN5O3. The van der Waals surface area contributed by atoms with E-state index in [0.29, 0.717) is 13.0 Å². The number of hydrazine groups is 1. The third-order valence-corrected chi connectivity index (χ3v) is 7.43. The molecule has 0 aliphatic carbocycles. The summed E-state index contributed by atoms with van der Waals surface area (Å²) in [5, 5.41) is 5.93. The zero-order chi connectivity index (χ0) is 26.5. The van der Waals surface area contributed by atoms with E-state index in [1.807, 2.05) is 30.3 Å². The van der Waals surface area contributed by atoms with Crippen molar-refractivity contribution in [3.63, 3.8) is 0 Å². The number of rotatable bonds is 8. The molecule has 2 aliphatic heterocycles. The minimum absolute atomic E-state index is 0.00721. The first-order valence-corrected chi connectivity index (χ1v) is 13.7. The Kier molecular flexibility index (Phi) is 8.95. The lowest BCUT2D eigenvalue weighted by molar-refractivity contribution is -0.188. The molecule has 8 nitrogen and oxygen atoms in total. The fourth-order valence-corrected chi connectivity index (χ4v) is 5.41. The zero-order valence-corrected chi connectivity index (χ0v) is 22.7. The van der Waals surface area contributed by atoms with Crippen molar-refractivity contribution in [3.05, 3.63) is 71.3 Å². The van der Waals surface area contributed by atoms with Crippen LogP contribution in [-0.4, -0.2) is 74.4 Å². The highest BCUT2D eigenvalue weighted by atomic mass is 127. The van der Waals surface area contributed by atoms with Crippen molar-refractivity contribution >= 4 is 40.4 Å². The predicted octanol–water partition coefficient (Wildman–Crippen LogP) is 3.51. The van der Waals surface area contributed by atoms with E-state index in [0.717, 1.165) is 35.0 Å². The highest BCUT2D eigenvalue weighted by molar-refractivity contribution is 14.1. The van der Waals surface area contributed by atoms with E-state index in [1.165, 1.54) is 20.9 Å². The normalized spacial score (nSPS) is 20.3. The van der Waals surface area contributed by atoms with Crippen LogP contribution in [-0.2, 0) is 22.7 Å². The summed E-state index contributed by atoms with van der Waals surface area (Å²) in [5.74, 6) is -1.98. The van der Waals surface area contributed by atoms with Gasteiger partial charge in [-0.05, 0) is 28.9 Å². The summed E-state index contributed by atoms with van der Waals surface area (Å²) in [6, 6.07) is 11.5. The molecule has 2 aliphatic rings. The van der Waals surface area contributed by atoms with Gasteiger partial charge >= 0.3 is 6.03 Å². The Morgan fingerprint density at radius 1 is 1.11 bits per heavy atom. The molecule has 0 spiro atoms. The molecule has 2 aromatic rings. The van der Waals surface area contributed by atoms with Crippen LogP contribution in [0, 0.1) is 11.6 Å². The van der Waals surface area contributed by atoms with Gasteiger partial charge in [0.2, 0.25) is 11.8 Å². The smallest absolute Gasteiger partial charge is 0.333 e. The Morgan fingerprint density at radius 2 is 1.86 bits per heavy atom. The van der Waals surface area contributed by atoms with Crippen molar-refractivity contribution in [1.82, 2.24) is 25.1 Å². The maximum absolute atomic E-state index is 14.5. The number of carbonyl (C=O) groups excluding carboxylic acids is 3. The van der Waals surface area contributed by atoms with E-state index >= 15 is 0 Å². The predicted molar refractivity (Wildman–Crippen MR) is 142 cm³/mol. The van der Waals surface area contributed by atoms with E-state index < -0.39 is 29.9 Å². The zero-order valence-electron chi connectivity index (χ0n) is 20.6. The van der Waals surface area contributed by atoms with Gasteiger partial charge in [0.15, 0.2) is 0 Å². The third-order valence-electron chi connectivity index (χ3n) is 6.67. The lowest BCUT2D eigenvalue weighted by Crippen LogP contribution is -2.75. The first-order chi connectivity index (χ1) is 17.8. The van der Waals surface area contributed by atoms with Crippen molar-refractivity contribution in [2.75, 3.05) is 24.6 Å². The first kappa shape index (κ1) is 27.2.